The van der Waals surface area contributed by atoms with E-state index in [9.17, 15) is 0 Å². The minimum absolute atomic E-state index is 0.522. The van der Waals surface area contributed by atoms with Crippen molar-refractivity contribution in [3.8, 4) is 11.1 Å². The number of rotatable bonds is 2. The molecule has 1 radical (unpaired) electrons. The number of nitrogens with zero attached hydrogens (tertiary/aromatic N) is 1. The van der Waals surface area contributed by atoms with E-state index in [4.69, 9.17) is 0 Å². The number of fused-ring (bicyclic) bond motifs is 1. The van der Waals surface area contributed by atoms with E-state index in [1.165, 1.54) is 22.0 Å². The van der Waals surface area contributed by atoms with Crippen LogP contribution in [0.15, 0.2) is 30.5 Å². The largest absolute Gasteiger partial charge is 0.361 e. The van der Waals surface area contributed by atoms with E-state index in [-0.39, 0.29) is 0 Å². The van der Waals surface area contributed by atoms with Gasteiger partial charge in [-0.1, -0.05) is 13.8 Å². The van der Waals surface area contributed by atoms with E-state index in [1.807, 2.05) is 13.8 Å². The van der Waals surface area contributed by atoms with Crippen LogP contribution in [-0.4, -0.2) is 9.97 Å². The van der Waals surface area contributed by atoms with Crippen molar-refractivity contribution in [1.29, 1.82) is 0 Å². The molecule has 2 nitrogen and oxygen atoms in total. The fourth-order valence-electron chi connectivity index (χ4n) is 2.72. The summed E-state index contributed by atoms with van der Waals surface area (Å²) in [5.74, 6) is 0.522. The van der Waals surface area contributed by atoms with Crippen LogP contribution in [0.5, 0.6) is 0 Å². The second-order valence-corrected chi connectivity index (χ2v) is 5.71. The average molecular weight is 263 g/mol. The molecule has 0 spiro atoms. The second-order valence-electron chi connectivity index (χ2n) is 5.71. The van der Waals surface area contributed by atoms with E-state index in [0.717, 1.165) is 17.0 Å². The Morgan fingerprint density at radius 2 is 1.80 bits per heavy atom. The van der Waals surface area contributed by atoms with Gasteiger partial charge in [0, 0.05) is 28.5 Å². The number of aryl methyl sites for hydroxylation is 2. The van der Waals surface area contributed by atoms with Crippen LogP contribution in [0.3, 0.4) is 0 Å². The Morgan fingerprint density at radius 3 is 2.45 bits per heavy atom. The quantitative estimate of drug-likeness (QED) is 0.708. The summed E-state index contributed by atoms with van der Waals surface area (Å²) < 4.78 is 0. The number of aromatic nitrogens is 2. The van der Waals surface area contributed by atoms with Gasteiger partial charge >= 0.3 is 0 Å². The Morgan fingerprint density at radius 1 is 1.10 bits per heavy atom. The minimum Gasteiger partial charge on any atom is -0.361 e. The third-order valence-corrected chi connectivity index (χ3v) is 3.66. The molecule has 0 aliphatic heterocycles. The lowest BCUT2D eigenvalue weighted by Gasteiger charge is -2.06. The van der Waals surface area contributed by atoms with Crippen molar-refractivity contribution in [2.24, 2.45) is 0 Å². The summed E-state index contributed by atoms with van der Waals surface area (Å²) in [5.41, 5.74) is 6.91. The SMILES string of the molecule is Cc1cc(-c2[c]cc3c(C(C)C)c[nH]c3c2)cc(C)n1. The fraction of sp³-hybridized carbons (Fsp3) is 0.278. The predicted octanol–water partition coefficient (Wildman–Crippen LogP) is 4.77. The molecule has 1 N–H and O–H groups in total. The van der Waals surface area contributed by atoms with Gasteiger partial charge in [-0.2, -0.15) is 0 Å². The molecule has 20 heavy (non-hydrogen) atoms. The Labute approximate surface area is 119 Å². The van der Waals surface area contributed by atoms with Crippen molar-refractivity contribution < 1.29 is 0 Å². The first kappa shape index (κ1) is 12.9. The summed E-state index contributed by atoms with van der Waals surface area (Å²) in [6, 6.07) is 11.9. The highest BCUT2D eigenvalue weighted by Crippen LogP contribution is 2.29. The molecule has 0 fully saturated rings. The maximum absolute atomic E-state index is 4.43. The molecule has 2 heteroatoms. The van der Waals surface area contributed by atoms with Gasteiger partial charge in [-0.3, -0.25) is 4.98 Å². The van der Waals surface area contributed by atoms with E-state index >= 15 is 0 Å². The highest BCUT2D eigenvalue weighted by Gasteiger charge is 2.09. The Hall–Kier alpha value is -2.09. The highest BCUT2D eigenvalue weighted by atomic mass is 14.7. The van der Waals surface area contributed by atoms with Crippen LogP contribution in [0.25, 0.3) is 22.0 Å². The number of hydrogen-bond acceptors (Lipinski definition) is 1. The summed E-state index contributed by atoms with van der Waals surface area (Å²) in [6.07, 6.45) is 2.11. The fourth-order valence-corrected chi connectivity index (χ4v) is 2.72. The number of benzene rings is 1. The van der Waals surface area contributed by atoms with Crippen LogP contribution in [0, 0.1) is 19.9 Å². The van der Waals surface area contributed by atoms with Crippen molar-refractivity contribution in [1.82, 2.24) is 9.97 Å². The molecule has 3 rings (SSSR count). The van der Waals surface area contributed by atoms with E-state index in [1.54, 1.807) is 0 Å². The van der Waals surface area contributed by atoms with Gasteiger partial charge in [0.05, 0.1) is 0 Å². The molecule has 101 valence electrons. The molecule has 2 aromatic heterocycles. The van der Waals surface area contributed by atoms with Crippen molar-refractivity contribution in [2.75, 3.05) is 0 Å². The summed E-state index contributed by atoms with van der Waals surface area (Å²) in [6.45, 7) is 8.49. The van der Waals surface area contributed by atoms with Crippen molar-refractivity contribution in [2.45, 2.75) is 33.6 Å². The molecule has 2 heterocycles. The molecule has 0 aliphatic rings. The zero-order valence-electron chi connectivity index (χ0n) is 12.4. The van der Waals surface area contributed by atoms with Crippen LogP contribution < -0.4 is 0 Å². The van der Waals surface area contributed by atoms with Gasteiger partial charge in [0.1, 0.15) is 0 Å². The third kappa shape index (κ3) is 2.22. The molecule has 0 aliphatic carbocycles. The number of hydrogen-bond donors (Lipinski definition) is 1. The maximum atomic E-state index is 4.43. The molecule has 0 saturated carbocycles. The molecule has 3 aromatic rings. The van der Waals surface area contributed by atoms with E-state index in [0.29, 0.717) is 5.92 Å². The van der Waals surface area contributed by atoms with Crippen LogP contribution >= 0.6 is 0 Å². The van der Waals surface area contributed by atoms with Gasteiger partial charge in [-0.15, -0.1) is 0 Å². The molecule has 0 atom stereocenters. The molecule has 0 amide bonds. The van der Waals surface area contributed by atoms with Gasteiger partial charge < -0.3 is 4.98 Å². The number of pyridine rings is 1. The Balaban J connectivity index is 2.13. The van der Waals surface area contributed by atoms with Gasteiger partial charge in [-0.05, 0) is 66.8 Å². The highest BCUT2D eigenvalue weighted by molar-refractivity contribution is 5.87. The van der Waals surface area contributed by atoms with Gasteiger partial charge in [0.15, 0.2) is 0 Å². The van der Waals surface area contributed by atoms with E-state index in [2.05, 4.69) is 60.3 Å². The van der Waals surface area contributed by atoms with Gasteiger partial charge in [0.25, 0.3) is 0 Å². The normalized spacial score (nSPS) is 11.4. The lowest BCUT2D eigenvalue weighted by Crippen LogP contribution is -1.88. The number of aromatic amines is 1. The maximum Gasteiger partial charge on any atom is 0.0463 e. The molecule has 0 unspecified atom stereocenters. The van der Waals surface area contributed by atoms with E-state index < -0.39 is 0 Å². The minimum atomic E-state index is 0.522. The molecular weight excluding hydrogens is 244 g/mol. The second kappa shape index (κ2) is 4.78. The zero-order valence-corrected chi connectivity index (χ0v) is 12.4. The monoisotopic (exact) mass is 263 g/mol. The first-order valence-electron chi connectivity index (χ1n) is 7.03. The lowest BCUT2D eigenvalue weighted by atomic mass is 9.99. The Kier molecular flexibility index (Phi) is 3.09. The zero-order chi connectivity index (χ0) is 14.3. The average Bonchev–Trinajstić information content (AvgIpc) is 2.80. The molecule has 0 saturated heterocycles. The molecule has 1 aromatic carbocycles. The first-order chi connectivity index (χ1) is 9.54. The summed E-state index contributed by atoms with van der Waals surface area (Å²) in [5, 5.41) is 1.27. The topological polar surface area (TPSA) is 28.7 Å². The van der Waals surface area contributed by atoms with Crippen LogP contribution in [0.1, 0.15) is 36.7 Å². The first-order valence-corrected chi connectivity index (χ1v) is 7.03. The van der Waals surface area contributed by atoms with Crippen LogP contribution in [0.4, 0.5) is 0 Å². The van der Waals surface area contributed by atoms with Crippen molar-refractivity contribution >= 4 is 10.9 Å². The molecule has 0 bridgehead atoms. The lowest BCUT2D eigenvalue weighted by molar-refractivity contribution is 0.875. The van der Waals surface area contributed by atoms with Gasteiger partial charge in [-0.25, -0.2) is 0 Å². The number of nitrogens with one attached hydrogen (secondary N) is 1. The van der Waals surface area contributed by atoms with Gasteiger partial charge in [0.2, 0.25) is 0 Å². The molecular formula is C18H19N2. The standard InChI is InChI=1S/C18H19N2/c1-11(2)17-10-19-18-9-14(5-6-16(17)18)15-7-12(3)20-13(4)8-15/h6-11,19H,1-4H3. The summed E-state index contributed by atoms with van der Waals surface area (Å²) in [7, 11) is 0. The van der Waals surface area contributed by atoms with Crippen molar-refractivity contribution in [3.63, 3.8) is 0 Å². The third-order valence-electron chi connectivity index (χ3n) is 3.66. The summed E-state index contributed by atoms with van der Waals surface area (Å²) >= 11 is 0. The number of H-pyrrole nitrogens is 1. The summed E-state index contributed by atoms with van der Waals surface area (Å²) in [4.78, 5) is 7.80. The Bertz CT molecular complexity index is 746. The van der Waals surface area contributed by atoms with Crippen molar-refractivity contribution in [3.05, 3.63) is 53.5 Å². The smallest absolute Gasteiger partial charge is 0.0463 e. The van der Waals surface area contributed by atoms with Crippen LogP contribution in [-0.2, 0) is 0 Å². The predicted molar refractivity (Wildman–Crippen MR) is 83.9 cm³/mol. The van der Waals surface area contributed by atoms with Crippen LogP contribution in [0.2, 0.25) is 0 Å².